The molecule has 6 nitrogen and oxygen atoms in total. The van der Waals surface area contributed by atoms with Gasteiger partial charge in [-0.15, -0.1) is 10.2 Å². The number of thioether (sulfide) groups is 1. The number of amides is 1. The van der Waals surface area contributed by atoms with Gasteiger partial charge in [-0.05, 0) is 25.0 Å². The highest BCUT2D eigenvalue weighted by Crippen LogP contribution is 2.24. The van der Waals surface area contributed by atoms with E-state index in [0.29, 0.717) is 10.9 Å². The van der Waals surface area contributed by atoms with Crippen LogP contribution in [-0.2, 0) is 4.79 Å². The Morgan fingerprint density at radius 3 is 2.83 bits per heavy atom. The first-order valence-corrected chi connectivity index (χ1v) is 9.74. The lowest BCUT2D eigenvalue weighted by Crippen LogP contribution is -2.36. The summed E-state index contributed by atoms with van der Waals surface area (Å²) in [7, 11) is 0. The maximum absolute atomic E-state index is 12.5. The van der Waals surface area contributed by atoms with Crippen LogP contribution in [0.25, 0.3) is 0 Å². The summed E-state index contributed by atoms with van der Waals surface area (Å²) in [5.41, 5.74) is 8.11. The molecular formula is C16H21N5OS2. The van der Waals surface area contributed by atoms with E-state index in [-0.39, 0.29) is 5.91 Å². The van der Waals surface area contributed by atoms with Crippen molar-refractivity contribution in [3.8, 4) is 0 Å². The monoisotopic (exact) mass is 363 g/mol. The predicted octanol–water partition coefficient (Wildman–Crippen LogP) is 2.26. The van der Waals surface area contributed by atoms with E-state index < -0.39 is 0 Å². The van der Waals surface area contributed by atoms with E-state index in [0.717, 1.165) is 36.9 Å². The summed E-state index contributed by atoms with van der Waals surface area (Å²) in [4.78, 5) is 16.8. The Bertz CT molecular complexity index is 705. The lowest BCUT2D eigenvalue weighted by Gasteiger charge is -2.25. The Morgan fingerprint density at radius 1 is 1.25 bits per heavy atom. The summed E-state index contributed by atoms with van der Waals surface area (Å²) < 4.78 is 0.747. The highest BCUT2D eigenvalue weighted by atomic mass is 32.2. The number of nitrogens with zero attached hydrogens (tertiary/aromatic N) is 4. The van der Waals surface area contributed by atoms with E-state index in [1.165, 1.54) is 34.3 Å². The first-order valence-electron chi connectivity index (χ1n) is 7.93. The highest BCUT2D eigenvalue weighted by Gasteiger charge is 2.20. The largest absolute Gasteiger partial charge is 0.374 e. The number of rotatable bonds is 4. The van der Waals surface area contributed by atoms with Gasteiger partial charge in [-0.25, -0.2) is 0 Å². The van der Waals surface area contributed by atoms with Gasteiger partial charge >= 0.3 is 0 Å². The Hall–Kier alpha value is -1.80. The van der Waals surface area contributed by atoms with Crippen LogP contribution in [0.4, 0.5) is 10.8 Å². The van der Waals surface area contributed by atoms with Crippen LogP contribution < -0.4 is 10.6 Å². The Balaban J connectivity index is 1.55. The van der Waals surface area contributed by atoms with E-state index in [1.807, 2.05) is 4.90 Å². The molecule has 0 aliphatic carbocycles. The topological polar surface area (TPSA) is 75.3 Å². The van der Waals surface area contributed by atoms with Gasteiger partial charge in [0.1, 0.15) is 0 Å². The SMILES string of the molecule is Cc1ccccc1N1CCCN(C(=O)CSc2nnc(N)s2)CC1. The fourth-order valence-electron chi connectivity index (χ4n) is 2.82. The molecule has 128 valence electrons. The molecule has 1 aromatic carbocycles. The van der Waals surface area contributed by atoms with Gasteiger partial charge in [0.2, 0.25) is 11.0 Å². The molecule has 1 saturated heterocycles. The zero-order valence-electron chi connectivity index (χ0n) is 13.6. The van der Waals surface area contributed by atoms with Gasteiger partial charge in [0.25, 0.3) is 0 Å². The zero-order chi connectivity index (χ0) is 16.9. The normalized spacial score (nSPS) is 15.4. The molecular weight excluding hydrogens is 342 g/mol. The van der Waals surface area contributed by atoms with Gasteiger partial charge in [-0.2, -0.15) is 0 Å². The minimum atomic E-state index is 0.153. The van der Waals surface area contributed by atoms with Crippen molar-refractivity contribution in [3.63, 3.8) is 0 Å². The maximum Gasteiger partial charge on any atom is 0.233 e. The van der Waals surface area contributed by atoms with Crippen LogP contribution in [-0.4, -0.2) is 52.9 Å². The lowest BCUT2D eigenvalue weighted by atomic mass is 10.2. The van der Waals surface area contributed by atoms with Crippen LogP contribution >= 0.6 is 23.1 Å². The number of anilines is 2. The molecule has 0 saturated carbocycles. The summed E-state index contributed by atoms with van der Waals surface area (Å²) >= 11 is 2.73. The van der Waals surface area contributed by atoms with Crippen LogP contribution in [0.1, 0.15) is 12.0 Å². The number of carbonyl (C=O) groups excluding carboxylic acids is 1. The summed E-state index contributed by atoms with van der Waals surface area (Å²) in [5, 5.41) is 8.15. The number of nitrogen functional groups attached to an aromatic ring is 1. The Kier molecular flexibility index (Phi) is 5.57. The lowest BCUT2D eigenvalue weighted by molar-refractivity contribution is -0.128. The number of aryl methyl sites for hydroxylation is 1. The first kappa shape index (κ1) is 17.0. The third-order valence-corrected chi connectivity index (χ3v) is 5.92. The highest BCUT2D eigenvalue weighted by molar-refractivity contribution is 8.01. The van der Waals surface area contributed by atoms with Crippen molar-refractivity contribution in [2.75, 3.05) is 42.6 Å². The first-order chi connectivity index (χ1) is 11.6. The quantitative estimate of drug-likeness (QED) is 0.840. The number of hydrogen-bond acceptors (Lipinski definition) is 7. The third kappa shape index (κ3) is 4.18. The second-order valence-corrected chi connectivity index (χ2v) is 7.93. The molecule has 1 aromatic heterocycles. The molecule has 1 aliphatic rings. The number of carbonyl (C=O) groups is 1. The molecule has 0 bridgehead atoms. The summed E-state index contributed by atoms with van der Waals surface area (Å²) in [6, 6.07) is 8.42. The van der Waals surface area contributed by atoms with Gasteiger partial charge in [0.05, 0.1) is 5.75 Å². The van der Waals surface area contributed by atoms with Gasteiger partial charge in [-0.1, -0.05) is 41.3 Å². The minimum absolute atomic E-state index is 0.153. The van der Waals surface area contributed by atoms with E-state index in [4.69, 9.17) is 5.73 Å². The molecule has 1 amide bonds. The second-order valence-electron chi connectivity index (χ2n) is 5.70. The summed E-state index contributed by atoms with van der Waals surface area (Å²) in [5.74, 6) is 0.541. The van der Waals surface area contributed by atoms with Crippen molar-refractivity contribution in [1.29, 1.82) is 0 Å². The van der Waals surface area contributed by atoms with E-state index in [2.05, 4.69) is 46.3 Å². The average molecular weight is 364 g/mol. The molecule has 24 heavy (non-hydrogen) atoms. The van der Waals surface area contributed by atoms with Gasteiger partial charge in [0, 0.05) is 31.9 Å². The number of aromatic nitrogens is 2. The molecule has 2 N–H and O–H groups in total. The van der Waals surface area contributed by atoms with Crippen molar-refractivity contribution >= 4 is 39.8 Å². The van der Waals surface area contributed by atoms with Gasteiger partial charge in [-0.3, -0.25) is 4.79 Å². The molecule has 3 rings (SSSR count). The minimum Gasteiger partial charge on any atom is -0.374 e. The third-order valence-electron chi connectivity index (χ3n) is 4.05. The van der Waals surface area contributed by atoms with Crippen LogP contribution in [0.15, 0.2) is 28.6 Å². The van der Waals surface area contributed by atoms with Crippen LogP contribution in [0, 0.1) is 6.92 Å². The average Bonchev–Trinajstić information content (AvgIpc) is 2.84. The van der Waals surface area contributed by atoms with E-state index >= 15 is 0 Å². The van der Waals surface area contributed by atoms with Gasteiger partial charge in [0.15, 0.2) is 4.34 Å². The molecule has 2 heterocycles. The standard InChI is InChI=1S/C16H21N5OS2/c1-12-5-2-3-6-13(12)20-7-4-8-21(10-9-20)14(22)11-23-16-19-18-15(17)24-16/h2-3,5-6H,4,7-11H2,1H3,(H2,17,18). The molecule has 0 radical (unpaired) electrons. The Morgan fingerprint density at radius 2 is 2.08 bits per heavy atom. The second kappa shape index (κ2) is 7.85. The van der Waals surface area contributed by atoms with Gasteiger partial charge < -0.3 is 15.5 Å². The number of para-hydroxylation sites is 1. The van der Waals surface area contributed by atoms with Crippen molar-refractivity contribution in [3.05, 3.63) is 29.8 Å². The molecule has 0 spiro atoms. The number of benzene rings is 1. The van der Waals surface area contributed by atoms with E-state index in [9.17, 15) is 4.79 Å². The Labute approximate surface area is 150 Å². The maximum atomic E-state index is 12.5. The van der Waals surface area contributed by atoms with Crippen LogP contribution in [0.3, 0.4) is 0 Å². The number of nitrogens with two attached hydrogens (primary N) is 1. The molecule has 0 atom stereocenters. The zero-order valence-corrected chi connectivity index (χ0v) is 15.3. The molecule has 8 heteroatoms. The molecule has 0 unspecified atom stereocenters. The predicted molar refractivity (Wildman–Crippen MR) is 99.6 cm³/mol. The van der Waals surface area contributed by atoms with E-state index in [1.54, 1.807) is 0 Å². The molecule has 1 fully saturated rings. The summed E-state index contributed by atoms with van der Waals surface area (Å²) in [6.45, 7) is 5.54. The van der Waals surface area contributed by atoms with Crippen molar-refractivity contribution in [1.82, 2.24) is 15.1 Å². The number of hydrogen-bond donors (Lipinski definition) is 1. The fraction of sp³-hybridized carbons (Fsp3) is 0.438. The fourth-order valence-corrected chi connectivity index (χ4v) is 4.36. The summed E-state index contributed by atoms with van der Waals surface area (Å²) in [6.07, 6.45) is 0.983. The molecule has 2 aromatic rings. The smallest absolute Gasteiger partial charge is 0.233 e. The van der Waals surface area contributed by atoms with Crippen LogP contribution in [0.5, 0.6) is 0 Å². The van der Waals surface area contributed by atoms with Crippen molar-refractivity contribution in [2.45, 2.75) is 17.7 Å². The van der Waals surface area contributed by atoms with Crippen molar-refractivity contribution < 1.29 is 4.79 Å². The van der Waals surface area contributed by atoms with Crippen molar-refractivity contribution in [2.24, 2.45) is 0 Å². The molecule has 1 aliphatic heterocycles. The van der Waals surface area contributed by atoms with Crippen LogP contribution in [0.2, 0.25) is 0 Å².